The van der Waals surface area contributed by atoms with Gasteiger partial charge in [-0.1, -0.05) is 12.1 Å². The van der Waals surface area contributed by atoms with Crippen molar-refractivity contribution in [3.05, 3.63) is 72.7 Å². The third-order valence-electron chi connectivity index (χ3n) is 4.99. The highest BCUT2D eigenvalue weighted by Crippen LogP contribution is 2.28. The highest BCUT2D eigenvalue weighted by atomic mass is 16.5. The van der Waals surface area contributed by atoms with Crippen molar-refractivity contribution >= 4 is 34.8 Å². The SMILES string of the molecule is COc1cccc(N2CC(C(=O)Nc3cccc(NC(=O)c4ccco4)c3)CC2=O)c1. The Hall–Kier alpha value is -4.07. The quantitative estimate of drug-likeness (QED) is 0.637. The molecule has 158 valence electrons. The van der Waals surface area contributed by atoms with E-state index in [1.54, 1.807) is 66.6 Å². The molecule has 1 saturated heterocycles. The second kappa shape index (κ2) is 8.74. The van der Waals surface area contributed by atoms with Crippen LogP contribution in [0.1, 0.15) is 17.0 Å². The zero-order valence-corrected chi connectivity index (χ0v) is 16.8. The van der Waals surface area contributed by atoms with E-state index >= 15 is 0 Å². The molecule has 8 nitrogen and oxygen atoms in total. The van der Waals surface area contributed by atoms with Crippen molar-refractivity contribution in [2.45, 2.75) is 6.42 Å². The summed E-state index contributed by atoms with van der Waals surface area (Å²) in [7, 11) is 1.56. The summed E-state index contributed by atoms with van der Waals surface area (Å²) in [5.74, 6) is -0.409. The van der Waals surface area contributed by atoms with Crippen LogP contribution < -0.4 is 20.3 Å². The lowest BCUT2D eigenvalue weighted by atomic mass is 10.1. The van der Waals surface area contributed by atoms with Crippen LogP contribution in [0.2, 0.25) is 0 Å². The Balaban J connectivity index is 1.40. The van der Waals surface area contributed by atoms with E-state index in [1.165, 1.54) is 6.26 Å². The third kappa shape index (κ3) is 4.58. The number of furan rings is 1. The van der Waals surface area contributed by atoms with Gasteiger partial charge in [-0.25, -0.2) is 0 Å². The Morgan fingerprint density at radius 1 is 1.03 bits per heavy atom. The molecule has 8 heteroatoms. The molecule has 0 spiro atoms. The molecule has 1 aliphatic heterocycles. The van der Waals surface area contributed by atoms with Crippen molar-refractivity contribution in [3.8, 4) is 5.75 Å². The number of anilines is 3. The molecule has 3 amide bonds. The van der Waals surface area contributed by atoms with Gasteiger partial charge in [0.1, 0.15) is 5.75 Å². The number of carbonyl (C=O) groups is 3. The summed E-state index contributed by atoms with van der Waals surface area (Å²) in [5.41, 5.74) is 1.73. The number of carbonyl (C=O) groups excluding carboxylic acids is 3. The third-order valence-corrected chi connectivity index (χ3v) is 4.99. The number of nitrogens with one attached hydrogen (secondary N) is 2. The molecular formula is C23H21N3O5. The van der Waals surface area contributed by atoms with Gasteiger partial charge >= 0.3 is 0 Å². The summed E-state index contributed by atoms with van der Waals surface area (Å²) in [6.07, 6.45) is 1.54. The maximum atomic E-state index is 12.8. The van der Waals surface area contributed by atoms with E-state index < -0.39 is 5.92 Å². The lowest BCUT2D eigenvalue weighted by Gasteiger charge is -2.17. The Bertz CT molecular complexity index is 1110. The molecule has 2 aromatic carbocycles. The van der Waals surface area contributed by atoms with Crippen LogP contribution in [-0.2, 0) is 9.59 Å². The smallest absolute Gasteiger partial charge is 0.291 e. The van der Waals surface area contributed by atoms with Gasteiger partial charge in [0.2, 0.25) is 11.8 Å². The van der Waals surface area contributed by atoms with E-state index in [4.69, 9.17) is 9.15 Å². The molecule has 1 fully saturated rings. The summed E-state index contributed by atoms with van der Waals surface area (Å²) < 4.78 is 10.3. The molecule has 1 atom stereocenters. The summed E-state index contributed by atoms with van der Waals surface area (Å²) in [5, 5.41) is 5.55. The first-order valence-corrected chi connectivity index (χ1v) is 9.73. The Kier molecular flexibility index (Phi) is 5.70. The molecular weight excluding hydrogens is 398 g/mol. The van der Waals surface area contributed by atoms with Gasteiger partial charge in [-0.2, -0.15) is 0 Å². The van der Waals surface area contributed by atoms with Gasteiger partial charge in [-0.05, 0) is 42.5 Å². The molecule has 1 unspecified atom stereocenters. The van der Waals surface area contributed by atoms with Crippen LogP contribution in [0.15, 0.2) is 71.3 Å². The second-order valence-electron chi connectivity index (χ2n) is 7.11. The van der Waals surface area contributed by atoms with E-state index in [0.717, 1.165) is 0 Å². The molecule has 1 aromatic heterocycles. The van der Waals surface area contributed by atoms with Gasteiger partial charge in [0.15, 0.2) is 5.76 Å². The number of rotatable bonds is 6. The van der Waals surface area contributed by atoms with Gasteiger partial charge in [0, 0.05) is 36.1 Å². The minimum absolute atomic E-state index is 0.118. The molecule has 0 radical (unpaired) electrons. The number of nitrogens with zero attached hydrogens (tertiary/aromatic N) is 1. The van der Waals surface area contributed by atoms with E-state index in [9.17, 15) is 14.4 Å². The maximum Gasteiger partial charge on any atom is 0.291 e. The first kappa shape index (κ1) is 20.2. The fourth-order valence-electron chi connectivity index (χ4n) is 3.43. The Labute approximate surface area is 178 Å². The van der Waals surface area contributed by atoms with E-state index in [2.05, 4.69) is 10.6 Å². The van der Waals surface area contributed by atoms with Gasteiger partial charge < -0.3 is 24.7 Å². The molecule has 4 rings (SSSR count). The van der Waals surface area contributed by atoms with Crippen molar-refractivity contribution < 1.29 is 23.5 Å². The minimum Gasteiger partial charge on any atom is -0.497 e. The summed E-state index contributed by atoms with van der Waals surface area (Å²) >= 11 is 0. The van der Waals surface area contributed by atoms with Crippen LogP contribution >= 0.6 is 0 Å². The first-order chi connectivity index (χ1) is 15.0. The van der Waals surface area contributed by atoms with Gasteiger partial charge in [-0.15, -0.1) is 0 Å². The predicted molar refractivity (Wildman–Crippen MR) is 115 cm³/mol. The molecule has 2 heterocycles. The van der Waals surface area contributed by atoms with Crippen LogP contribution in [0.5, 0.6) is 5.75 Å². The Morgan fingerprint density at radius 2 is 1.81 bits per heavy atom. The molecule has 0 aliphatic carbocycles. The average Bonchev–Trinajstić information content (AvgIpc) is 3.44. The van der Waals surface area contributed by atoms with Crippen LogP contribution in [0.25, 0.3) is 0 Å². The molecule has 0 saturated carbocycles. The van der Waals surface area contributed by atoms with Crippen molar-refractivity contribution in [3.63, 3.8) is 0 Å². The molecule has 1 aliphatic rings. The number of hydrogen-bond donors (Lipinski definition) is 2. The zero-order valence-electron chi connectivity index (χ0n) is 16.8. The van der Waals surface area contributed by atoms with Gasteiger partial charge in [-0.3, -0.25) is 14.4 Å². The summed E-state index contributed by atoms with van der Waals surface area (Å²) in [6, 6.07) is 17.2. The lowest BCUT2D eigenvalue weighted by molar-refractivity contribution is -0.122. The van der Waals surface area contributed by atoms with Crippen LogP contribution in [0.4, 0.5) is 17.1 Å². The molecule has 3 aromatic rings. The van der Waals surface area contributed by atoms with Crippen molar-refractivity contribution in [2.24, 2.45) is 5.92 Å². The molecule has 31 heavy (non-hydrogen) atoms. The average molecular weight is 419 g/mol. The number of methoxy groups -OCH3 is 1. The van der Waals surface area contributed by atoms with Crippen LogP contribution in [0, 0.1) is 5.92 Å². The standard InChI is InChI=1S/C23H21N3O5/c1-30-19-8-3-7-18(13-19)26-14-15(11-21(26)27)22(28)24-16-5-2-6-17(12-16)25-23(29)20-9-4-10-31-20/h2-10,12-13,15H,11,14H2,1H3,(H,24,28)(H,25,29). The highest BCUT2D eigenvalue weighted by Gasteiger charge is 2.35. The Morgan fingerprint density at radius 3 is 2.55 bits per heavy atom. The monoisotopic (exact) mass is 419 g/mol. The fraction of sp³-hybridized carbons (Fsp3) is 0.174. The first-order valence-electron chi connectivity index (χ1n) is 9.73. The van der Waals surface area contributed by atoms with Crippen LogP contribution in [-0.4, -0.2) is 31.4 Å². The highest BCUT2D eigenvalue weighted by molar-refractivity contribution is 6.05. The molecule has 0 bridgehead atoms. The lowest BCUT2D eigenvalue weighted by Crippen LogP contribution is -2.28. The van der Waals surface area contributed by atoms with Gasteiger partial charge in [0.05, 0.1) is 19.3 Å². The minimum atomic E-state index is -0.486. The number of ether oxygens (including phenoxy) is 1. The number of amides is 3. The molecule has 2 N–H and O–H groups in total. The summed E-state index contributed by atoms with van der Waals surface area (Å²) in [4.78, 5) is 39.0. The zero-order chi connectivity index (χ0) is 21.8. The maximum absolute atomic E-state index is 12.8. The van der Waals surface area contributed by atoms with Crippen LogP contribution in [0.3, 0.4) is 0 Å². The van der Waals surface area contributed by atoms with E-state index in [-0.39, 0.29) is 36.4 Å². The normalized spacial score (nSPS) is 15.6. The number of hydrogen-bond acceptors (Lipinski definition) is 5. The summed E-state index contributed by atoms with van der Waals surface area (Å²) in [6.45, 7) is 0.284. The van der Waals surface area contributed by atoms with Gasteiger partial charge in [0.25, 0.3) is 5.91 Å². The van der Waals surface area contributed by atoms with Crippen molar-refractivity contribution in [2.75, 3.05) is 29.2 Å². The largest absolute Gasteiger partial charge is 0.497 e. The van der Waals surface area contributed by atoms with E-state index in [1.807, 2.05) is 6.07 Å². The fourth-order valence-corrected chi connectivity index (χ4v) is 3.43. The second-order valence-corrected chi connectivity index (χ2v) is 7.11. The van der Waals surface area contributed by atoms with Crippen molar-refractivity contribution in [1.29, 1.82) is 0 Å². The van der Waals surface area contributed by atoms with E-state index in [0.29, 0.717) is 22.8 Å². The topological polar surface area (TPSA) is 101 Å². The predicted octanol–water partition coefficient (Wildman–Crippen LogP) is 3.53. The van der Waals surface area contributed by atoms with Crippen molar-refractivity contribution in [1.82, 2.24) is 0 Å². The number of benzene rings is 2.